The average Bonchev–Trinajstić information content (AvgIpc) is 3.25. The molecule has 2 heterocycles. The molecule has 0 saturated carbocycles. The van der Waals surface area contributed by atoms with E-state index < -0.39 is 0 Å². The number of nitrogens with zero attached hydrogens (tertiary/aromatic N) is 2. The topological polar surface area (TPSA) is 64.7 Å². The Morgan fingerprint density at radius 3 is 2.29 bits per heavy atom. The van der Waals surface area contributed by atoms with Gasteiger partial charge in [0.05, 0.1) is 0 Å². The lowest BCUT2D eigenvalue weighted by Crippen LogP contribution is -2.49. The minimum absolute atomic E-state index is 0.0488. The maximum absolute atomic E-state index is 12.8. The van der Waals surface area contributed by atoms with E-state index in [0.29, 0.717) is 17.2 Å². The number of amides is 2. The number of benzene rings is 2. The molecule has 1 unspecified atom stereocenters. The standard InChI is InChI=1S/C22H26N4O2/c27-21(24-19-4-2-1-3-5-19)17-6-8-18(9-7-17)22(28)26-13-10-20(16-26)25-14-11-23-12-15-25/h1-9,20,23H,10-16H2,(H,24,27). The monoisotopic (exact) mass is 378 g/mol. The number of nitrogens with one attached hydrogen (secondary N) is 2. The van der Waals surface area contributed by atoms with Crippen molar-refractivity contribution in [3.05, 3.63) is 65.7 Å². The van der Waals surface area contributed by atoms with Crippen molar-refractivity contribution >= 4 is 17.5 Å². The van der Waals surface area contributed by atoms with Crippen molar-refractivity contribution in [2.45, 2.75) is 12.5 Å². The van der Waals surface area contributed by atoms with Gasteiger partial charge in [0.15, 0.2) is 0 Å². The summed E-state index contributed by atoms with van der Waals surface area (Å²) in [6.07, 6.45) is 1.03. The molecule has 0 bridgehead atoms. The summed E-state index contributed by atoms with van der Waals surface area (Å²) in [5.74, 6) is -0.127. The Bertz CT molecular complexity index is 816. The van der Waals surface area contributed by atoms with Crippen molar-refractivity contribution in [3.63, 3.8) is 0 Å². The average molecular weight is 378 g/mol. The van der Waals surface area contributed by atoms with Crippen LogP contribution >= 0.6 is 0 Å². The van der Waals surface area contributed by atoms with Gasteiger partial charge in [0.1, 0.15) is 0 Å². The van der Waals surface area contributed by atoms with Gasteiger partial charge in [-0.3, -0.25) is 14.5 Å². The summed E-state index contributed by atoms with van der Waals surface area (Å²) < 4.78 is 0. The first-order valence-corrected chi connectivity index (χ1v) is 9.91. The smallest absolute Gasteiger partial charge is 0.255 e. The lowest BCUT2D eigenvalue weighted by atomic mass is 10.1. The summed E-state index contributed by atoms with van der Waals surface area (Å²) in [6, 6.07) is 16.7. The molecule has 0 radical (unpaired) electrons. The molecule has 2 fully saturated rings. The highest BCUT2D eigenvalue weighted by molar-refractivity contribution is 6.05. The first-order chi connectivity index (χ1) is 13.7. The fourth-order valence-electron chi connectivity index (χ4n) is 3.94. The second-order valence-corrected chi connectivity index (χ2v) is 7.38. The zero-order valence-electron chi connectivity index (χ0n) is 15.9. The van der Waals surface area contributed by atoms with E-state index in [4.69, 9.17) is 0 Å². The molecule has 1 atom stereocenters. The fourth-order valence-corrected chi connectivity index (χ4v) is 3.94. The van der Waals surface area contributed by atoms with Crippen LogP contribution in [-0.2, 0) is 0 Å². The van der Waals surface area contributed by atoms with Crippen LogP contribution in [0.4, 0.5) is 5.69 Å². The number of hydrogen-bond acceptors (Lipinski definition) is 4. The van der Waals surface area contributed by atoms with Crippen molar-refractivity contribution in [1.29, 1.82) is 0 Å². The Labute approximate surface area is 165 Å². The predicted molar refractivity (Wildman–Crippen MR) is 110 cm³/mol. The van der Waals surface area contributed by atoms with Gasteiger partial charge >= 0.3 is 0 Å². The number of likely N-dealkylation sites (tertiary alicyclic amines) is 1. The van der Waals surface area contributed by atoms with Crippen LogP contribution in [-0.4, -0.2) is 66.9 Å². The van der Waals surface area contributed by atoms with E-state index in [2.05, 4.69) is 15.5 Å². The van der Waals surface area contributed by atoms with Crippen LogP contribution in [0.25, 0.3) is 0 Å². The number of hydrogen-bond donors (Lipinski definition) is 2. The highest BCUT2D eigenvalue weighted by atomic mass is 16.2. The lowest BCUT2D eigenvalue weighted by Gasteiger charge is -2.32. The number of piperazine rings is 1. The zero-order chi connectivity index (χ0) is 19.3. The quantitative estimate of drug-likeness (QED) is 0.855. The van der Waals surface area contributed by atoms with Crippen LogP contribution in [0.2, 0.25) is 0 Å². The molecule has 146 valence electrons. The summed E-state index contributed by atoms with van der Waals surface area (Å²) in [6.45, 7) is 5.74. The molecule has 2 aromatic rings. The van der Waals surface area contributed by atoms with Gasteiger partial charge in [0.25, 0.3) is 11.8 Å². The van der Waals surface area contributed by atoms with E-state index in [1.807, 2.05) is 35.2 Å². The molecule has 6 nitrogen and oxygen atoms in total. The third-order valence-corrected chi connectivity index (χ3v) is 5.54. The second-order valence-electron chi connectivity index (χ2n) is 7.38. The van der Waals surface area contributed by atoms with E-state index in [9.17, 15) is 9.59 Å². The Morgan fingerprint density at radius 1 is 0.893 bits per heavy atom. The minimum atomic E-state index is -0.176. The number of anilines is 1. The SMILES string of the molecule is O=C(Nc1ccccc1)c1ccc(C(=O)N2CCC(N3CCNCC3)C2)cc1. The second kappa shape index (κ2) is 8.54. The number of para-hydroxylation sites is 1. The molecular formula is C22H26N4O2. The molecule has 2 amide bonds. The number of rotatable bonds is 4. The highest BCUT2D eigenvalue weighted by Gasteiger charge is 2.31. The maximum atomic E-state index is 12.8. The van der Waals surface area contributed by atoms with Crippen LogP contribution in [0.15, 0.2) is 54.6 Å². The highest BCUT2D eigenvalue weighted by Crippen LogP contribution is 2.19. The summed E-state index contributed by atoms with van der Waals surface area (Å²) in [4.78, 5) is 29.6. The molecule has 6 heteroatoms. The van der Waals surface area contributed by atoms with Crippen LogP contribution < -0.4 is 10.6 Å². The van der Waals surface area contributed by atoms with Crippen LogP contribution in [0, 0.1) is 0 Å². The maximum Gasteiger partial charge on any atom is 0.255 e. The number of carbonyl (C=O) groups is 2. The van der Waals surface area contributed by atoms with E-state index in [1.54, 1.807) is 24.3 Å². The predicted octanol–water partition coefficient (Wildman–Crippen LogP) is 2.06. The Balaban J connectivity index is 1.35. The summed E-state index contributed by atoms with van der Waals surface area (Å²) in [7, 11) is 0. The summed E-state index contributed by atoms with van der Waals surface area (Å²) >= 11 is 0. The van der Waals surface area contributed by atoms with Gasteiger partial charge in [-0.1, -0.05) is 18.2 Å². The normalized spacial score (nSPS) is 20.1. The molecule has 2 aliphatic rings. The van der Waals surface area contributed by atoms with E-state index in [0.717, 1.165) is 51.4 Å². The van der Waals surface area contributed by atoms with Gasteiger partial charge in [0.2, 0.25) is 0 Å². The molecule has 0 spiro atoms. The van der Waals surface area contributed by atoms with Gasteiger partial charge in [0, 0.05) is 62.1 Å². The first kappa shape index (κ1) is 18.7. The van der Waals surface area contributed by atoms with E-state index >= 15 is 0 Å². The molecule has 28 heavy (non-hydrogen) atoms. The van der Waals surface area contributed by atoms with Gasteiger partial charge in [-0.25, -0.2) is 0 Å². The van der Waals surface area contributed by atoms with Crippen LogP contribution in [0.3, 0.4) is 0 Å². The molecule has 0 aromatic heterocycles. The Hall–Kier alpha value is -2.70. The van der Waals surface area contributed by atoms with Gasteiger partial charge in [-0.15, -0.1) is 0 Å². The molecule has 2 aliphatic heterocycles. The fraction of sp³-hybridized carbons (Fsp3) is 0.364. The van der Waals surface area contributed by atoms with E-state index in [1.165, 1.54) is 0 Å². The molecule has 2 aromatic carbocycles. The largest absolute Gasteiger partial charge is 0.337 e. The van der Waals surface area contributed by atoms with Crippen molar-refractivity contribution in [2.75, 3.05) is 44.6 Å². The molecular weight excluding hydrogens is 352 g/mol. The molecule has 0 aliphatic carbocycles. The lowest BCUT2D eigenvalue weighted by molar-refractivity contribution is 0.0773. The molecule has 4 rings (SSSR count). The summed E-state index contributed by atoms with van der Waals surface area (Å²) in [5.41, 5.74) is 1.93. The van der Waals surface area contributed by atoms with Gasteiger partial charge < -0.3 is 15.5 Å². The van der Waals surface area contributed by atoms with Crippen molar-refractivity contribution in [3.8, 4) is 0 Å². The van der Waals surface area contributed by atoms with Gasteiger partial charge in [-0.2, -0.15) is 0 Å². The van der Waals surface area contributed by atoms with Crippen molar-refractivity contribution in [1.82, 2.24) is 15.1 Å². The third kappa shape index (κ3) is 4.24. The molecule has 2 N–H and O–H groups in total. The van der Waals surface area contributed by atoms with Crippen molar-refractivity contribution in [2.24, 2.45) is 0 Å². The summed E-state index contributed by atoms with van der Waals surface area (Å²) in [5, 5.41) is 6.23. The Kier molecular flexibility index (Phi) is 5.69. The first-order valence-electron chi connectivity index (χ1n) is 9.91. The Morgan fingerprint density at radius 2 is 1.57 bits per heavy atom. The number of carbonyl (C=O) groups excluding carboxylic acids is 2. The zero-order valence-corrected chi connectivity index (χ0v) is 15.9. The van der Waals surface area contributed by atoms with Crippen molar-refractivity contribution < 1.29 is 9.59 Å². The van der Waals surface area contributed by atoms with E-state index in [-0.39, 0.29) is 11.8 Å². The van der Waals surface area contributed by atoms with Crippen LogP contribution in [0.1, 0.15) is 27.1 Å². The minimum Gasteiger partial charge on any atom is -0.337 e. The van der Waals surface area contributed by atoms with Gasteiger partial charge in [-0.05, 0) is 42.8 Å². The molecule has 2 saturated heterocycles. The van der Waals surface area contributed by atoms with Crippen LogP contribution in [0.5, 0.6) is 0 Å². The third-order valence-electron chi connectivity index (χ3n) is 5.54.